The third-order valence-electron chi connectivity index (χ3n) is 3.61. The second-order valence-corrected chi connectivity index (χ2v) is 6.86. The van der Waals surface area contributed by atoms with Gasteiger partial charge >= 0.3 is 0 Å². The Kier molecular flexibility index (Phi) is 4.57. The number of benzene rings is 1. The summed E-state index contributed by atoms with van der Waals surface area (Å²) in [6.07, 6.45) is 1.16. The predicted octanol–water partition coefficient (Wildman–Crippen LogP) is 0.375. The maximum absolute atomic E-state index is 11.6. The van der Waals surface area contributed by atoms with Crippen LogP contribution in [0.3, 0.4) is 0 Å². The summed E-state index contributed by atoms with van der Waals surface area (Å²) >= 11 is 0. The Morgan fingerprint density at radius 2 is 2.05 bits per heavy atom. The Labute approximate surface area is 114 Å². The van der Waals surface area contributed by atoms with Crippen LogP contribution >= 0.6 is 0 Å². The quantitative estimate of drug-likeness (QED) is 0.819. The van der Waals surface area contributed by atoms with Gasteiger partial charge in [-0.05, 0) is 50.2 Å². The minimum Gasteiger partial charge on any atom is -0.330 e. The molecule has 19 heavy (non-hydrogen) atoms. The van der Waals surface area contributed by atoms with E-state index in [1.807, 2.05) is 12.1 Å². The van der Waals surface area contributed by atoms with Gasteiger partial charge in [0.05, 0.1) is 4.90 Å². The number of hydrogen-bond acceptors (Lipinski definition) is 4. The average molecular weight is 283 g/mol. The van der Waals surface area contributed by atoms with Crippen molar-refractivity contribution in [2.24, 2.45) is 11.7 Å². The first-order chi connectivity index (χ1) is 9.05. The van der Waals surface area contributed by atoms with Crippen LogP contribution in [-0.2, 0) is 16.6 Å². The molecule has 1 atom stereocenters. The Morgan fingerprint density at radius 1 is 1.37 bits per heavy atom. The number of rotatable bonds is 5. The molecule has 1 fully saturated rings. The molecule has 0 amide bonds. The van der Waals surface area contributed by atoms with E-state index in [-0.39, 0.29) is 0 Å². The van der Waals surface area contributed by atoms with Crippen molar-refractivity contribution in [2.45, 2.75) is 17.9 Å². The second-order valence-electron chi connectivity index (χ2n) is 4.98. The lowest BCUT2D eigenvalue weighted by Gasteiger charge is -2.15. The van der Waals surface area contributed by atoms with Crippen LogP contribution in [0.5, 0.6) is 0 Å². The number of nitrogens with two attached hydrogens (primary N) is 1. The number of hydrogen-bond donors (Lipinski definition) is 2. The highest BCUT2D eigenvalue weighted by Crippen LogP contribution is 2.18. The van der Waals surface area contributed by atoms with Crippen LogP contribution in [0.25, 0.3) is 0 Å². The lowest BCUT2D eigenvalue weighted by molar-refractivity contribution is 0.318. The molecule has 6 heteroatoms. The fraction of sp³-hybridized carbons (Fsp3) is 0.538. The van der Waals surface area contributed by atoms with Gasteiger partial charge in [0, 0.05) is 13.1 Å². The van der Waals surface area contributed by atoms with Crippen LogP contribution in [0.4, 0.5) is 0 Å². The monoisotopic (exact) mass is 283 g/mol. The Morgan fingerprint density at radius 3 is 2.58 bits per heavy atom. The molecule has 1 aliphatic rings. The molecular formula is C13H21N3O2S. The van der Waals surface area contributed by atoms with Gasteiger partial charge in [-0.25, -0.2) is 13.1 Å². The summed E-state index contributed by atoms with van der Waals surface area (Å²) < 4.78 is 25.5. The number of sulfonamides is 1. The largest absolute Gasteiger partial charge is 0.330 e. The van der Waals surface area contributed by atoms with E-state index in [0.29, 0.717) is 10.8 Å². The van der Waals surface area contributed by atoms with E-state index in [1.165, 1.54) is 7.05 Å². The summed E-state index contributed by atoms with van der Waals surface area (Å²) in [6.45, 7) is 3.71. The number of nitrogens with zero attached hydrogens (tertiary/aromatic N) is 1. The first-order valence-corrected chi connectivity index (χ1v) is 7.98. The molecule has 0 aromatic heterocycles. The summed E-state index contributed by atoms with van der Waals surface area (Å²) in [6, 6.07) is 7.05. The molecular weight excluding hydrogens is 262 g/mol. The van der Waals surface area contributed by atoms with Crippen molar-refractivity contribution >= 4 is 10.0 Å². The molecule has 1 aromatic carbocycles. The molecule has 1 aromatic rings. The van der Waals surface area contributed by atoms with Gasteiger partial charge in [0.2, 0.25) is 10.0 Å². The van der Waals surface area contributed by atoms with Crippen molar-refractivity contribution in [3.05, 3.63) is 29.8 Å². The number of nitrogens with one attached hydrogen (secondary N) is 1. The molecule has 1 heterocycles. The van der Waals surface area contributed by atoms with E-state index in [9.17, 15) is 8.42 Å². The fourth-order valence-corrected chi connectivity index (χ4v) is 3.13. The summed E-state index contributed by atoms with van der Waals surface area (Å²) in [7, 11) is -1.92. The van der Waals surface area contributed by atoms with Crippen LogP contribution in [0.1, 0.15) is 12.0 Å². The molecule has 0 bridgehead atoms. The maximum Gasteiger partial charge on any atom is 0.240 e. The summed E-state index contributed by atoms with van der Waals surface area (Å²) in [4.78, 5) is 2.67. The van der Waals surface area contributed by atoms with Gasteiger partial charge in [0.25, 0.3) is 0 Å². The average Bonchev–Trinajstić information content (AvgIpc) is 2.87. The summed E-state index contributed by atoms with van der Waals surface area (Å²) in [5, 5.41) is 0. The van der Waals surface area contributed by atoms with Crippen molar-refractivity contribution in [2.75, 3.05) is 26.7 Å². The highest BCUT2D eigenvalue weighted by atomic mass is 32.2. The lowest BCUT2D eigenvalue weighted by atomic mass is 10.1. The molecule has 0 unspecified atom stereocenters. The topological polar surface area (TPSA) is 75.4 Å². The van der Waals surface area contributed by atoms with Gasteiger partial charge in [-0.1, -0.05) is 12.1 Å². The molecule has 0 aliphatic carbocycles. The zero-order valence-electron chi connectivity index (χ0n) is 11.2. The summed E-state index contributed by atoms with van der Waals surface area (Å²) in [5.74, 6) is 0.601. The Hall–Kier alpha value is -0.950. The van der Waals surface area contributed by atoms with Gasteiger partial charge in [-0.3, -0.25) is 4.90 Å². The molecule has 0 radical (unpaired) electrons. The lowest BCUT2D eigenvalue weighted by Crippen LogP contribution is -2.23. The predicted molar refractivity (Wildman–Crippen MR) is 75.1 cm³/mol. The van der Waals surface area contributed by atoms with Crippen molar-refractivity contribution in [1.82, 2.24) is 9.62 Å². The van der Waals surface area contributed by atoms with Gasteiger partial charge in [-0.2, -0.15) is 0 Å². The summed E-state index contributed by atoms with van der Waals surface area (Å²) in [5.41, 5.74) is 6.80. The standard InChI is InChI=1S/C13H21N3O2S/c1-15-19(17,18)13-4-2-11(3-5-13)9-16-7-6-12(8-14)10-16/h2-5,12,15H,6-10,14H2,1H3/t12-/m0/s1. The highest BCUT2D eigenvalue weighted by molar-refractivity contribution is 7.89. The first-order valence-electron chi connectivity index (χ1n) is 6.50. The van der Waals surface area contributed by atoms with E-state index < -0.39 is 10.0 Å². The van der Waals surface area contributed by atoms with Gasteiger partial charge in [-0.15, -0.1) is 0 Å². The van der Waals surface area contributed by atoms with Crippen LogP contribution in [0, 0.1) is 5.92 Å². The molecule has 1 saturated heterocycles. The van der Waals surface area contributed by atoms with Gasteiger partial charge in [0.15, 0.2) is 0 Å². The minimum absolute atomic E-state index is 0.306. The molecule has 0 spiro atoms. The molecule has 106 valence electrons. The molecule has 1 aliphatic heterocycles. The normalized spacial score (nSPS) is 20.8. The Bertz CT molecular complexity index is 513. The van der Waals surface area contributed by atoms with Crippen molar-refractivity contribution in [3.63, 3.8) is 0 Å². The van der Waals surface area contributed by atoms with Crippen LogP contribution in [0.2, 0.25) is 0 Å². The minimum atomic E-state index is -3.34. The zero-order chi connectivity index (χ0) is 13.9. The second kappa shape index (κ2) is 6.00. The SMILES string of the molecule is CNS(=O)(=O)c1ccc(CN2CC[C@@H](CN)C2)cc1. The van der Waals surface area contributed by atoms with Crippen LogP contribution < -0.4 is 10.5 Å². The third-order valence-corrected chi connectivity index (χ3v) is 5.04. The van der Waals surface area contributed by atoms with E-state index in [2.05, 4.69) is 9.62 Å². The molecule has 5 nitrogen and oxygen atoms in total. The molecule has 2 rings (SSSR count). The van der Waals surface area contributed by atoms with Crippen LogP contribution in [0.15, 0.2) is 29.2 Å². The van der Waals surface area contributed by atoms with Gasteiger partial charge < -0.3 is 5.73 Å². The van der Waals surface area contributed by atoms with E-state index in [4.69, 9.17) is 5.73 Å². The highest BCUT2D eigenvalue weighted by Gasteiger charge is 2.21. The zero-order valence-corrected chi connectivity index (χ0v) is 12.0. The third kappa shape index (κ3) is 3.54. The first kappa shape index (κ1) is 14.5. The van der Waals surface area contributed by atoms with Crippen molar-refractivity contribution in [3.8, 4) is 0 Å². The Balaban J connectivity index is 2.00. The maximum atomic E-state index is 11.6. The number of likely N-dealkylation sites (tertiary alicyclic amines) is 1. The van der Waals surface area contributed by atoms with E-state index in [1.54, 1.807) is 12.1 Å². The van der Waals surface area contributed by atoms with E-state index in [0.717, 1.165) is 38.2 Å². The van der Waals surface area contributed by atoms with Gasteiger partial charge in [0.1, 0.15) is 0 Å². The van der Waals surface area contributed by atoms with Crippen molar-refractivity contribution in [1.29, 1.82) is 0 Å². The smallest absolute Gasteiger partial charge is 0.240 e. The molecule has 0 saturated carbocycles. The van der Waals surface area contributed by atoms with Crippen molar-refractivity contribution < 1.29 is 8.42 Å². The molecule has 3 N–H and O–H groups in total. The van der Waals surface area contributed by atoms with Crippen LogP contribution in [-0.4, -0.2) is 40.0 Å². The fourth-order valence-electron chi connectivity index (χ4n) is 2.40. The van der Waals surface area contributed by atoms with E-state index >= 15 is 0 Å².